The summed E-state index contributed by atoms with van der Waals surface area (Å²) in [6.45, 7) is 3.62. The monoisotopic (exact) mass is 613 g/mol. The zero-order chi connectivity index (χ0) is 32.0. The molecule has 1 heterocycles. The second kappa shape index (κ2) is 13.7. The number of fused-ring (bicyclic) bond motifs is 1. The van der Waals surface area contributed by atoms with E-state index >= 15 is 0 Å². The molecule has 3 aromatic carbocycles. The highest BCUT2D eigenvalue weighted by Gasteiger charge is 2.35. The van der Waals surface area contributed by atoms with Crippen molar-refractivity contribution in [2.45, 2.75) is 32.2 Å². The molecule has 234 valence electrons. The van der Waals surface area contributed by atoms with Gasteiger partial charge in [0.15, 0.2) is 5.75 Å². The van der Waals surface area contributed by atoms with Crippen molar-refractivity contribution in [2.24, 2.45) is 5.92 Å². The van der Waals surface area contributed by atoms with Gasteiger partial charge in [0.05, 0.1) is 36.0 Å². The summed E-state index contributed by atoms with van der Waals surface area (Å²) < 4.78 is 45.2. The van der Waals surface area contributed by atoms with E-state index in [1.807, 2.05) is 13.0 Å². The van der Waals surface area contributed by atoms with E-state index in [9.17, 15) is 32.7 Å². The van der Waals surface area contributed by atoms with Crippen molar-refractivity contribution in [3.63, 3.8) is 0 Å². The highest BCUT2D eigenvalue weighted by atomic mass is 19.4. The zero-order valence-electron chi connectivity index (χ0n) is 24.4. The molecule has 1 aliphatic rings. The van der Waals surface area contributed by atoms with Crippen molar-refractivity contribution in [3.8, 4) is 5.75 Å². The smallest absolute Gasteiger partial charge is 0.416 e. The lowest BCUT2D eigenvalue weighted by molar-refractivity contribution is -0.137. The summed E-state index contributed by atoms with van der Waals surface area (Å²) in [6.07, 6.45) is -5.17. The molecule has 0 unspecified atom stereocenters. The van der Waals surface area contributed by atoms with Crippen molar-refractivity contribution in [3.05, 3.63) is 83.9 Å². The number of nitrogens with one attached hydrogen (secondary N) is 3. The second-order valence-corrected chi connectivity index (χ2v) is 10.6. The third-order valence-corrected chi connectivity index (χ3v) is 7.24. The largest absolute Gasteiger partial charge is 0.485 e. The summed E-state index contributed by atoms with van der Waals surface area (Å²) in [7, 11) is 1.61. The minimum Gasteiger partial charge on any atom is -0.485 e. The van der Waals surface area contributed by atoms with Crippen LogP contribution in [0.3, 0.4) is 0 Å². The number of halogens is 3. The van der Waals surface area contributed by atoms with Gasteiger partial charge in [0.2, 0.25) is 0 Å². The maximum atomic E-state index is 13.7. The predicted octanol–water partition coefficient (Wildman–Crippen LogP) is 5.73. The number of ether oxygens (including phenoxy) is 1. The highest BCUT2D eigenvalue weighted by molar-refractivity contribution is 6.04. The van der Waals surface area contributed by atoms with E-state index in [0.717, 1.165) is 24.3 Å². The van der Waals surface area contributed by atoms with Gasteiger partial charge in [0.25, 0.3) is 5.91 Å². The topological polar surface area (TPSA) is 123 Å². The van der Waals surface area contributed by atoms with Crippen LogP contribution < -0.4 is 20.7 Å². The molecular weight excluding hydrogens is 579 g/mol. The first-order valence-electron chi connectivity index (χ1n) is 13.9. The van der Waals surface area contributed by atoms with Gasteiger partial charge in [-0.05, 0) is 55.5 Å². The van der Waals surface area contributed by atoms with E-state index in [1.54, 1.807) is 44.3 Å². The predicted molar refractivity (Wildman–Crippen MR) is 160 cm³/mol. The van der Waals surface area contributed by atoms with E-state index < -0.39 is 35.8 Å². The summed E-state index contributed by atoms with van der Waals surface area (Å²) in [5.41, 5.74) is 0.134. The number of aliphatic hydroxyl groups is 1. The fraction of sp³-hybridized carbons (Fsp3) is 0.323. The van der Waals surface area contributed by atoms with Gasteiger partial charge in [-0.3, -0.25) is 4.79 Å². The maximum Gasteiger partial charge on any atom is 0.416 e. The van der Waals surface area contributed by atoms with Crippen LogP contribution in [-0.4, -0.2) is 71.8 Å². The first kappa shape index (κ1) is 32.1. The van der Waals surface area contributed by atoms with Crippen LogP contribution in [0.2, 0.25) is 0 Å². The molecule has 3 aromatic rings. The molecule has 0 radical (unpaired) electrons. The Morgan fingerprint density at radius 1 is 1.00 bits per heavy atom. The number of carbonyl (C=O) groups excluding carboxylic acids is 3. The molecule has 0 saturated heterocycles. The Morgan fingerprint density at radius 3 is 2.30 bits per heavy atom. The average Bonchev–Trinajstić information content (AvgIpc) is 2.99. The number of urea groups is 2. The number of nitrogens with zero attached hydrogens (tertiary/aromatic N) is 2. The lowest BCUT2D eigenvalue weighted by atomic mass is 9.99. The van der Waals surface area contributed by atoms with E-state index in [0.29, 0.717) is 5.69 Å². The van der Waals surface area contributed by atoms with Crippen molar-refractivity contribution in [1.29, 1.82) is 0 Å². The number of hydrogen-bond donors (Lipinski definition) is 4. The number of aliphatic hydroxyl groups excluding tert-OH is 1. The van der Waals surface area contributed by atoms with E-state index in [4.69, 9.17) is 4.74 Å². The summed E-state index contributed by atoms with van der Waals surface area (Å²) in [5, 5.41) is 17.8. The second-order valence-electron chi connectivity index (χ2n) is 10.6. The highest BCUT2D eigenvalue weighted by Crippen LogP contribution is 2.35. The first-order valence-corrected chi connectivity index (χ1v) is 13.9. The summed E-state index contributed by atoms with van der Waals surface area (Å²) >= 11 is 0. The SMILES string of the molecule is C[C@H](CO)N1C[C@H](C)[C@@H](CN(C)C(=O)Nc2ccccc2)Oc2c(NC(=O)Nc3ccc(C(F)(F)F)cc3)cccc2C1=O. The Morgan fingerprint density at radius 2 is 1.66 bits per heavy atom. The quantitative estimate of drug-likeness (QED) is 0.271. The van der Waals surface area contributed by atoms with Crippen molar-refractivity contribution in [2.75, 3.05) is 42.7 Å². The third kappa shape index (κ3) is 7.78. The molecule has 44 heavy (non-hydrogen) atoms. The van der Waals surface area contributed by atoms with Gasteiger partial charge < -0.3 is 35.6 Å². The minimum absolute atomic E-state index is 0.0589. The molecule has 0 aliphatic carbocycles. The molecule has 0 aromatic heterocycles. The average molecular weight is 614 g/mol. The Labute approximate surface area is 252 Å². The van der Waals surface area contributed by atoms with E-state index in [-0.39, 0.29) is 54.3 Å². The summed E-state index contributed by atoms with van der Waals surface area (Å²) in [4.78, 5) is 42.5. The third-order valence-electron chi connectivity index (χ3n) is 7.24. The molecule has 0 spiro atoms. The molecule has 5 amide bonds. The van der Waals surface area contributed by atoms with Gasteiger partial charge >= 0.3 is 18.2 Å². The molecular formula is C31H34F3N5O5. The normalized spacial score (nSPS) is 17.3. The van der Waals surface area contributed by atoms with Crippen LogP contribution in [0.1, 0.15) is 29.8 Å². The van der Waals surface area contributed by atoms with Crippen LogP contribution in [0, 0.1) is 5.92 Å². The molecule has 1 aliphatic heterocycles. The Hall–Kier alpha value is -4.78. The maximum absolute atomic E-state index is 13.7. The van der Waals surface area contributed by atoms with Crippen LogP contribution in [0.4, 0.5) is 39.8 Å². The van der Waals surface area contributed by atoms with Gasteiger partial charge in [-0.15, -0.1) is 0 Å². The number of carbonyl (C=O) groups is 3. The molecule has 0 bridgehead atoms. The zero-order valence-corrected chi connectivity index (χ0v) is 24.4. The molecule has 3 atom stereocenters. The van der Waals surface area contributed by atoms with Gasteiger partial charge in [0.1, 0.15) is 6.10 Å². The van der Waals surface area contributed by atoms with Crippen molar-refractivity contribution < 1.29 is 37.4 Å². The number of amides is 5. The Kier molecular flexibility index (Phi) is 9.99. The van der Waals surface area contributed by atoms with Gasteiger partial charge in [-0.25, -0.2) is 9.59 Å². The fourth-order valence-electron chi connectivity index (χ4n) is 4.68. The van der Waals surface area contributed by atoms with Crippen LogP contribution in [0.15, 0.2) is 72.8 Å². The van der Waals surface area contributed by atoms with Crippen LogP contribution in [0.25, 0.3) is 0 Å². The van der Waals surface area contributed by atoms with Gasteiger partial charge in [-0.1, -0.05) is 31.2 Å². The Balaban J connectivity index is 1.60. The number of alkyl halides is 3. The number of rotatable bonds is 7. The number of benzene rings is 3. The lowest BCUT2D eigenvalue weighted by Gasteiger charge is -2.38. The molecule has 10 nitrogen and oxygen atoms in total. The molecule has 4 N–H and O–H groups in total. The number of hydrogen-bond acceptors (Lipinski definition) is 5. The van der Waals surface area contributed by atoms with E-state index in [1.165, 1.54) is 21.9 Å². The van der Waals surface area contributed by atoms with Crippen LogP contribution in [0.5, 0.6) is 5.75 Å². The van der Waals surface area contributed by atoms with Gasteiger partial charge in [0, 0.05) is 30.9 Å². The Bertz CT molecular complexity index is 1470. The van der Waals surface area contributed by atoms with Gasteiger partial charge in [-0.2, -0.15) is 13.2 Å². The van der Waals surface area contributed by atoms with Crippen molar-refractivity contribution >= 4 is 35.0 Å². The van der Waals surface area contributed by atoms with Crippen molar-refractivity contribution in [1.82, 2.24) is 9.80 Å². The first-order chi connectivity index (χ1) is 20.9. The standard InChI is InChI=1S/C31H34F3N5O5/c1-19-16-39(20(2)18-40)28(41)24-10-7-11-25(37-29(42)35-23-14-12-21(13-15-23)31(32,33)34)27(24)44-26(19)17-38(3)30(43)36-22-8-5-4-6-9-22/h4-15,19-20,26,40H,16-18H2,1-3H3,(H,36,43)(H2,35,37,42)/t19-,20+,26+/m0/s1. The number of para-hydroxylation sites is 2. The van der Waals surface area contributed by atoms with E-state index in [2.05, 4.69) is 16.0 Å². The molecule has 0 saturated carbocycles. The summed E-state index contributed by atoms with van der Waals surface area (Å²) in [5.74, 6) is -0.681. The fourth-order valence-corrected chi connectivity index (χ4v) is 4.68. The van der Waals surface area contributed by atoms with Crippen LogP contribution in [-0.2, 0) is 6.18 Å². The van der Waals surface area contributed by atoms with Crippen LogP contribution >= 0.6 is 0 Å². The lowest BCUT2D eigenvalue weighted by Crippen LogP contribution is -2.50. The number of likely N-dealkylation sites (N-methyl/N-ethyl adjacent to an activating group) is 1. The number of anilines is 3. The summed E-state index contributed by atoms with van der Waals surface area (Å²) in [6, 6.07) is 15.8. The molecule has 4 rings (SSSR count). The molecule has 0 fully saturated rings. The molecule has 13 heteroatoms. The minimum atomic E-state index is -4.52.